The Bertz CT molecular complexity index is 1060. The number of thioether (sulfide) groups is 1. The van der Waals surface area contributed by atoms with E-state index >= 15 is 0 Å². The molecule has 3 aromatic rings. The number of aliphatic carboxylic acids is 1. The van der Waals surface area contributed by atoms with Crippen LogP contribution in [0.4, 0.5) is 4.79 Å². The van der Waals surface area contributed by atoms with E-state index in [-0.39, 0.29) is 18.3 Å². The number of halogens is 1. The van der Waals surface area contributed by atoms with E-state index in [0.29, 0.717) is 15.2 Å². The molecule has 10 heteroatoms. The fraction of sp³-hybridized carbons (Fsp3) is 0.238. The van der Waals surface area contributed by atoms with Crippen LogP contribution in [0.15, 0.2) is 48.5 Å². The third kappa shape index (κ3) is 5.00. The lowest BCUT2D eigenvalue weighted by Gasteiger charge is -2.17. The van der Waals surface area contributed by atoms with Gasteiger partial charge in [0.2, 0.25) is 4.47 Å². The van der Waals surface area contributed by atoms with E-state index in [2.05, 4.69) is 27.6 Å². The third-order valence-electron chi connectivity index (χ3n) is 4.89. The van der Waals surface area contributed by atoms with Crippen molar-refractivity contribution in [1.82, 2.24) is 15.5 Å². The minimum absolute atomic E-state index is 0.0852. The minimum atomic E-state index is -1.13. The number of nitrogens with zero attached hydrogens (tertiary/aromatic N) is 2. The summed E-state index contributed by atoms with van der Waals surface area (Å²) in [5, 5.41) is 20.2. The highest BCUT2D eigenvalue weighted by molar-refractivity contribution is 7.98. The van der Waals surface area contributed by atoms with E-state index in [9.17, 15) is 14.7 Å². The van der Waals surface area contributed by atoms with Crippen LogP contribution >= 0.6 is 34.7 Å². The number of amides is 1. The molecule has 1 aliphatic rings. The molecule has 0 fully saturated rings. The second-order valence-electron chi connectivity index (χ2n) is 6.82. The SMILES string of the molecule is O=C(NC(CSCc1nnc(Cl)s1)C(=O)O)OCC1c2ccccc2-c2ccccc21. The Labute approximate surface area is 191 Å². The van der Waals surface area contributed by atoms with Gasteiger partial charge in [-0.3, -0.25) is 0 Å². The van der Waals surface area contributed by atoms with E-state index in [0.717, 1.165) is 22.3 Å². The third-order valence-corrected chi connectivity index (χ3v) is 7.13. The number of benzene rings is 2. The Morgan fingerprint density at radius 2 is 1.77 bits per heavy atom. The number of carboxylic acid groups (broad SMARTS) is 1. The maximum Gasteiger partial charge on any atom is 0.407 e. The van der Waals surface area contributed by atoms with E-state index in [1.165, 1.54) is 23.1 Å². The molecule has 1 atom stereocenters. The number of nitrogens with one attached hydrogen (secondary N) is 1. The summed E-state index contributed by atoms with van der Waals surface area (Å²) in [7, 11) is 0. The van der Waals surface area contributed by atoms with Gasteiger partial charge in [-0.1, -0.05) is 59.9 Å². The summed E-state index contributed by atoms with van der Waals surface area (Å²) < 4.78 is 5.76. The van der Waals surface area contributed by atoms with Crippen molar-refractivity contribution in [3.8, 4) is 11.1 Å². The van der Waals surface area contributed by atoms with Gasteiger partial charge in [-0.25, -0.2) is 9.59 Å². The number of alkyl carbamates (subject to hydrolysis) is 1. The Morgan fingerprint density at radius 1 is 1.13 bits per heavy atom. The molecule has 1 aliphatic carbocycles. The molecule has 1 unspecified atom stereocenters. The molecule has 1 heterocycles. The molecule has 4 rings (SSSR count). The zero-order valence-electron chi connectivity index (χ0n) is 16.2. The molecule has 7 nitrogen and oxygen atoms in total. The molecular formula is C21H18ClN3O4S2. The predicted molar refractivity (Wildman–Crippen MR) is 121 cm³/mol. The second-order valence-corrected chi connectivity index (χ2v) is 9.50. The van der Waals surface area contributed by atoms with Crippen LogP contribution in [0.25, 0.3) is 11.1 Å². The molecule has 0 bridgehead atoms. The molecule has 31 heavy (non-hydrogen) atoms. The van der Waals surface area contributed by atoms with Gasteiger partial charge in [0.1, 0.15) is 17.7 Å². The summed E-state index contributed by atoms with van der Waals surface area (Å²) in [6.45, 7) is 0.128. The molecule has 2 N–H and O–H groups in total. The van der Waals surface area contributed by atoms with E-state index in [1.54, 1.807) is 0 Å². The fourth-order valence-electron chi connectivity index (χ4n) is 3.51. The minimum Gasteiger partial charge on any atom is -0.480 e. The Morgan fingerprint density at radius 3 is 2.35 bits per heavy atom. The number of carbonyl (C=O) groups excluding carboxylic acids is 1. The van der Waals surface area contributed by atoms with Crippen molar-refractivity contribution in [3.05, 3.63) is 69.1 Å². The lowest BCUT2D eigenvalue weighted by atomic mass is 9.98. The van der Waals surface area contributed by atoms with Gasteiger partial charge in [0.05, 0.1) is 0 Å². The zero-order valence-corrected chi connectivity index (χ0v) is 18.5. The number of hydrogen-bond acceptors (Lipinski definition) is 7. The van der Waals surface area contributed by atoms with Gasteiger partial charge in [0.15, 0.2) is 0 Å². The molecule has 0 spiro atoms. The maximum absolute atomic E-state index is 12.3. The van der Waals surface area contributed by atoms with Crippen molar-refractivity contribution >= 4 is 46.8 Å². The summed E-state index contributed by atoms with van der Waals surface area (Å²) in [6.07, 6.45) is -0.756. The molecular weight excluding hydrogens is 458 g/mol. The molecule has 0 aliphatic heterocycles. The second kappa shape index (κ2) is 9.67. The number of ether oxygens (including phenoxy) is 1. The van der Waals surface area contributed by atoms with E-state index in [4.69, 9.17) is 16.3 Å². The molecule has 1 amide bonds. The highest BCUT2D eigenvalue weighted by atomic mass is 35.5. The summed E-state index contributed by atoms with van der Waals surface area (Å²) in [5.41, 5.74) is 4.45. The number of hydrogen-bond donors (Lipinski definition) is 2. The lowest BCUT2D eigenvalue weighted by molar-refractivity contribution is -0.138. The first-order chi connectivity index (χ1) is 15.0. The van der Waals surface area contributed by atoms with Crippen molar-refractivity contribution < 1.29 is 19.4 Å². The van der Waals surface area contributed by atoms with Crippen molar-refractivity contribution in [2.24, 2.45) is 0 Å². The first-order valence-corrected chi connectivity index (χ1v) is 11.8. The first-order valence-electron chi connectivity index (χ1n) is 9.43. The van der Waals surface area contributed by atoms with Crippen LogP contribution in [0, 0.1) is 0 Å². The molecule has 160 valence electrons. The lowest BCUT2D eigenvalue weighted by Crippen LogP contribution is -2.43. The van der Waals surface area contributed by atoms with Gasteiger partial charge in [0.25, 0.3) is 0 Å². The molecule has 0 saturated heterocycles. The van der Waals surface area contributed by atoms with Crippen molar-refractivity contribution in [2.75, 3.05) is 12.4 Å². The van der Waals surface area contributed by atoms with Crippen molar-refractivity contribution in [2.45, 2.75) is 17.7 Å². The first kappa shape index (κ1) is 21.6. The van der Waals surface area contributed by atoms with Gasteiger partial charge in [-0.2, -0.15) is 11.8 Å². The van der Waals surface area contributed by atoms with Gasteiger partial charge >= 0.3 is 12.1 Å². The average Bonchev–Trinajstić information content (AvgIpc) is 3.32. The van der Waals surface area contributed by atoms with Crippen LogP contribution in [0.3, 0.4) is 0 Å². The Kier molecular flexibility index (Phi) is 6.74. The number of rotatable bonds is 8. The zero-order chi connectivity index (χ0) is 21.8. The Balaban J connectivity index is 1.34. The van der Waals surface area contributed by atoms with Crippen LogP contribution < -0.4 is 5.32 Å². The monoisotopic (exact) mass is 475 g/mol. The largest absolute Gasteiger partial charge is 0.480 e. The number of carboxylic acids is 1. The van der Waals surface area contributed by atoms with E-state index < -0.39 is 18.1 Å². The van der Waals surface area contributed by atoms with Crippen LogP contribution in [0.5, 0.6) is 0 Å². The predicted octanol–water partition coefficient (Wildman–Crippen LogP) is 4.42. The summed E-state index contributed by atoms with van der Waals surface area (Å²) in [6, 6.07) is 15.0. The van der Waals surface area contributed by atoms with Crippen LogP contribution in [0.1, 0.15) is 22.1 Å². The smallest absolute Gasteiger partial charge is 0.407 e. The number of aromatic nitrogens is 2. The van der Waals surface area contributed by atoms with Crippen molar-refractivity contribution in [3.63, 3.8) is 0 Å². The van der Waals surface area contributed by atoms with Gasteiger partial charge in [0, 0.05) is 17.4 Å². The normalized spacial score (nSPS) is 13.3. The van der Waals surface area contributed by atoms with E-state index in [1.807, 2.05) is 36.4 Å². The fourth-order valence-corrected chi connectivity index (χ4v) is 5.47. The van der Waals surface area contributed by atoms with Gasteiger partial charge in [-0.15, -0.1) is 10.2 Å². The number of fused-ring (bicyclic) bond motifs is 3. The molecule has 1 aromatic heterocycles. The summed E-state index contributed by atoms with van der Waals surface area (Å²) >= 11 is 8.30. The summed E-state index contributed by atoms with van der Waals surface area (Å²) in [4.78, 5) is 23.9. The van der Waals surface area contributed by atoms with Gasteiger partial charge in [-0.05, 0) is 33.9 Å². The van der Waals surface area contributed by atoms with Crippen molar-refractivity contribution in [1.29, 1.82) is 0 Å². The molecule has 2 aromatic carbocycles. The molecule has 0 radical (unpaired) electrons. The van der Waals surface area contributed by atoms with Crippen LogP contribution in [-0.2, 0) is 15.3 Å². The van der Waals surface area contributed by atoms with Gasteiger partial charge < -0.3 is 15.2 Å². The molecule has 0 saturated carbocycles. The topological polar surface area (TPSA) is 101 Å². The highest BCUT2D eigenvalue weighted by Crippen LogP contribution is 2.44. The Hall–Kier alpha value is -2.62. The quantitative estimate of drug-likeness (QED) is 0.497. The highest BCUT2D eigenvalue weighted by Gasteiger charge is 2.29. The average molecular weight is 476 g/mol. The maximum atomic E-state index is 12.3. The summed E-state index contributed by atoms with van der Waals surface area (Å²) in [5.74, 6) is -0.591. The number of carbonyl (C=O) groups is 2. The van der Waals surface area contributed by atoms with Crippen LogP contribution in [0.2, 0.25) is 4.47 Å². The van der Waals surface area contributed by atoms with Crippen LogP contribution in [-0.4, -0.2) is 45.8 Å². The standard InChI is InChI=1S/C21H18ClN3O4S2/c22-20-25-24-18(31-20)11-30-10-17(19(26)27)23-21(28)29-9-16-14-7-3-1-5-12(14)13-6-2-4-8-15(13)16/h1-8,16-17H,9-11H2,(H,23,28)(H,26,27).